The van der Waals surface area contributed by atoms with Crippen molar-refractivity contribution in [2.24, 2.45) is 0 Å². The zero-order valence-electron chi connectivity index (χ0n) is 12.1. The minimum Gasteiger partial charge on any atom is -0.300 e. The van der Waals surface area contributed by atoms with Crippen LogP contribution in [0.3, 0.4) is 0 Å². The summed E-state index contributed by atoms with van der Waals surface area (Å²) in [5.74, 6) is -0.160. The third-order valence-electron chi connectivity index (χ3n) is 3.25. The number of carbonyl (C=O) groups excluding carboxylic acids is 2. The first-order valence-electron chi connectivity index (χ1n) is 7.25. The van der Waals surface area contributed by atoms with E-state index in [-0.39, 0.29) is 18.0 Å². The van der Waals surface area contributed by atoms with Crippen LogP contribution >= 0.6 is 0 Å². The predicted octanol–water partition coefficient (Wildman–Crippen LogP) is 4.36. The number of rotatable bonds is 9. The molecule has 0 aliphatic heterocycles. The lowest BCUT2D eigenvalue weighted by Crippen LogP contribution is -2.04. The SMILES string of the molecule is CCCCCCCc1ccc(C(=O)CC(C)=O)cc1. The number of aryl methyl sites for hydroxylation is 1. The molecule has 1 rings (SSSR count). The highest BCUT2D eigenvalue weighted by atomic mass is 16.1. The summed E-state index contributed by atoms with van der Waals surface area (Å²) in [6.07, 6.45) is 7.47. The van der Waals surface area contributed by atoms with Crippen LogP contribution < -0.4 is 0 Å². The lowest BCUT2D eigenvalue weighted by molar-refractivity contribution is -0.116. The van der Waals surface area contributed by atoms with Crippen molar-refractivity contribution >= 4 is 11.6 Å². The third kappa shape index (κ3) is 6.32. The first-order chi connectivity index (χ1) is 9.13. The molecule has 0 N–H and O–H groups in total. The molecule has 0 unspecified atom stereocenters. The monoisotopic (exact) mass is 260 g/mol. The Morgan fingerprint density at radius 3 is 2.16 bits per heavy atom. The van der Waals surface area contributed by atoms with Crippen molar-refractivity contribution in [3.8, 4) is 0 Å². The molecule has 0 aromatic heterocycles. The van der Waals surface area contributed by atoms with Crippen LogP contribution in [0.25, 0.3) is 0 Å². The van der Waals surface area contributed by atoms with Crippen molar-refractivity contribution in [1.82, 2.24) is 0 Å². The topological polar surface area (TPSA) is 34.1 Å². The molecule has 19 heavy (non-hydrogen) atoms. The summed E-state index contributed by atoms with van der Waals surface area (Å²) >= 11 is 0. The van der Waals surface area contributed by atoms with Gasteiger partial charge in [-0.3, -0.25) is 9.59 Å². The van der Waals surface area contributed by atoms with Crippen LogP contribution in [0.4, 0.5) is 0 Å². The van der Waals surface area contributed by atoms with E-state index in [4.69, 9.17) is 0 Å². The number of hydrogen-bond donors (Lipinski definition) is 0. The molecular formula is C17H24O2. The van der Waals surface area contributed by atoms with Crippen molar-refractivity contribution in [1.29, 1.82) is 0 Å². The van der Waals surface area contributed by atoms with Gasteiger partial charge in [-0.25, -0.2) is 0 Å². The van der Waals surface area contributed by atoms with Crippen LogP contribution in [0.2, 0.25) is 0 Å². The predicted molar refractivity (Wildman–Crippen MR) is 78.5 cm³/mol. The van der Waals surface area contributed by atoms with Gasteiger partial charge in [0.1, 0.15) is 5.78 Å². The summed E-state index contributed by atoms with van der Waals surface area (Å²) in [4.78, 5) is 22.6. The molecule has 0 amide bonds. The zero-order valence-corrected chi connectivity index (χ0v) is 12.1. The van der Waals surface area contributed by atoms with Crippen LogP contribution in [0, 0.1) is 0 Å². The van der Waals surface area contributed by atoms with E-state index >= 15 is 0 Å². The third-order valence-corrected chi connectivity index (χ3v) is 3.25. The van der Waals surface area contributed by atoms with Gasteiger partial charge in [0.25, 0.3) is 0 Å². The summed E-state index contributed by atoms with van der Waals surface area (Å²) in [5, 5.41) is 0. The Bertz CT molecular complexity index is 404. The normalized spacial score (nSPS) is 10.4. The number of Topliss-reactive ketones (excluding diaryl/α,β-unsaturated/α-hetero) is 2. The van der Waals surface area contributed by atoms with E-state index in [1.807, 2.05) is 24.3 Å². The average Bonchev–Trinajstić information content (AvgIpc) is 2.38. The molecule has 2 nitrogen and oxygen atoms in total. The van der Waals surface area contributed by atoms with Gasteiger partial charge >= 0.3 is 0 Å². The number of benzene rings is 1. The Hall–Kier alpha value is -1.44. The van der Waals surface area contributed by atoms with E-state index in [2.05, 4.69) is 6.92 Å². The van der Waals surface area contributed by atoms with Gasteiger partial charge in [0.05, 0.1) is 6.42 Å². The second-order valence-electron chi connectivity index (χ2n) is 5.16. The molecule has 0 aliphatic rings. The lowest BCUT2D eigenvalue weighted by Gasteiger charge is -2.03. The van der Waals surface area contributed by atoms with Crippen LogP contribution in [0.1, 0.15) is 68.3 Å². The van der Waals surface area contributed by atoms with Gasteiger partial charge in [0.15, 0.2) is 5.78 Å². The highest BCUT2D eigenvalue weighted by Gasteiger charge is 2.08. The lowest BCUT2D eigenvalue weighted by atomic mass is 10.0. The summed E-state index contributed by atoms with van der Waals surface area (Å²) in [6.45, 7) is 3.67. The van der Waals surface area contributed by atoms with Gasteiger partial charge in [0.2, 0.25) is 0 Å². The summed E-state index contributed by atoms with van der Waals surface area (Å²) in [7, 11) is 0. The van der Waals surface area contributed by atoms with Gasteiger partial charge in [-0.2, -0.15) is 0 Å². The van der Waals surface area contributed by atoms with Crippen molar-refractivity contribution in [2.45, 2.75) is 58.8 Å². The quantitative estimate of drug-likeness (QED) is 0.375. The maximum atomic E-state index is 11.7. The van der Waals surface area contributed by atoms with Gasteiger partial charge in [-0.05, 0) is 25.3 Å². The van der Waals surface area contributed by atoms with Gasteiger partial charge in [-0.15, -0.1) is 0 Å². The maximum absolute atomic E-state index is 11.7. The van der Waals surface area contributed by atoms with Crippen molar-refractivity contribution < 1.29 is 9.59 Å². The zero-order chi connectivity index (χ0) is 14.1. The van der Waals surface area contributed by atoms with E-state index in [0.717, 1.165) is 6.42 Å². The molecule has 1 aromatic rings. The molecular weight excluding hydrogens is 236 g/mol. The first kappa shape index (κ1) is 15.6. The van der Waals surface area contributed by atoms with E-state index in [1.165, 1.54) is 44.6 Å². The first-order valence-corrected chi connectivity index (χ1v) is 7.25. The molecule has 0 heterocycles. The summed E-state index contributed by atoms with van der Waals surface area (Å²) < 4.78 is 0. The Morgan fingerprint density at radius 1 is 0.947 bits per heavy atom. The number of unbranched alkanes of at least 4 members (excludes halogenated alkanes) is 4. The standard InChI is InChI=1S/C17H24O2/c1-3-4-5-6-7-8-15-9-11-16(12-10-15)17(19)13-14(2)18/h9-12H,3-8,13H2,1-2H3. The van der Waals surface area contributed by atoms with Crippen LogP contribution in [-0.2, 0) is 11.2 Å². The second-order valence-corrected chi connectivity index (χ2v) is 5.16. The highest BCUT2D eigenvalue weighted by Crippen LogP contribution is 2.11. The fourth-order valence-electron chi connectivity index (χ4n) is 2.12. The Labute approximate surface area is 116 Å². The molecule has 0 fully saturated rings. The van der Waals surface area contributed by atoms with Crippen LogP contribution in [-0.4, -0.2) is 11.6 Å². The molecule has 0 saturated heterocycles. The Morgan fingerprint density at radius 2 is 1.58 bits per heavy atom. The van der Waals surface area contributed by atoms with E-state index < -0.39 is 0 Å². The fraction of sp³-hybridized carbons (Fsp3) is 0.529. The molecule has 0 saturated carbocycles. The second kappa shape index (κ2) is 8.63. The van der Waals surface area contributed by atoms with Gasteiger partial charge in [0, 0.05) is 5.56 Å². The molecule has 104 valence electrons. The van der Waals surface area contributed by atoms with Crippen LogP contribution in [0.5, 0.6) is 0 Å². The van der Waals surface area contributed by atoms with E-state index in [1.54, 1.807) is 0 Å². The van der Waals surface area contributed by atoms with Crippen molar-refractivity contribution in [2.75, 3.05) is 0 Å². The summed E-state index contributed by atoms with van der Waals surface area (Å²) in [5.41, 5.74) is 1.92. The number of hydrogen-bond acceptors (Lipinski definition) is 2. The minimum atomic E-state index is -0.0815. The van der Waals surface area contributed by atoms with Gasteiger partial charge < -0.3 is 0 Å². The fourth-order valence-corrected chi connectivity index (χ4v) is 2.12. The van der Waals surface area contributed by atoms with Crippen molar-refractivity contribution in [3.05, 3.63) is 35.4 Å². The molecule has 0 radical (unpaired) electrons. The molecule has 0 atom stereocenters. The molecule has 0 bridgehead atoms. The Balaban J connectivity index is 2.39. The number of carbonyl (C=O) groups is 2. The molecule has 0 spiro atoms. The molecule has 2 heteroatoms. The van der Waals surface area contributed by atoms with Gasteiger partial charge in [-0.1, -0.05) is 56.9 Å². The number of ketones is 2. The highest BCUT2D eigenvalue weighted by molar-refractivity contribution is 6.07. The van der Waals surface area contributed by atoms with Crippen LogP contribution in [0.15, 0.2) is 24.3 Å². The molecule has 0 aliphatic carbocycles. The largest absolute Gasteiger partial charge is 0.300 e. The molecule has 1 aromatic carbocycles. The maximum Gasteiger partial charge on any atom is 0.170 e. The smallest absolute Gasteiger partial charge is 0.170 e. The summed E-state index contributed by atoms with van der Waals surface area (Å²) in [6, 6.07) is 7.69. The minimum absolute atomic E-state index is 0.0103. The van der Waals surface area contributed by atoms with Crippen molar-refractivity contribution in [3.63, 3.8) is 0 Å². The average molecular weight is 260 g/mol. The van der Waals surface area contributed by atoms with E-state index in [0.29, 0.717) is 5.56 Å². The van der Waals surface area contributed by atoms with E-state index in [9.17, 15) is 9.59 Å². The Kier molecular flexibility index (Phi) is 7.09.